The van der Waals surface area contributed by atoms with E-state index >= 15 is 0 Å². The molecular weight excluding hydrogens is 320 g/mol. The standard InChI is InChI=1S/C19H26N2O2S/c22-17(16-3-1-6-24-16)20-4-2-5-21-18(23)19-10-13-7-14(11-19)9-15(8-13)12-19/h1,3,6,13-15H,2,4-5,7-12H2,(H,20,22)(H,21,23). The number of hydrogen-bond acceptors (Lipinski definition) is 3. The molecule has 0 radical (unpaired) electrons. The van der Waals surface area contributed by atoms with E-state index in [9.17, 15) is 9.59 Å². The highest BCUT2D eigenvalue weighted by Crippen LogP contribution is 2.60. The van der Waals surface area contributed by atoms with Crippen LogP contribution in [-0.2, 0) is 4.79 Å². The Kier molecular flexibility index (Phi) is 4.37. The van der Waals surface area contributed by atoms with E-state index in [1.165, 1.54) is 30.6 Å². The van der Waals surface area contributed by atoms with Crippen molar-refractivity contribution in [2.45, 2.75) is 44.9 Å². The van der Waals surface area contributed by atoms with Gasteiger partial charge in [-0.2, -0.15) is 0 Å². The van der Waals surface area contributed by atoms with Gasteiger partial charge in [0.2, 0.25) is 5.91 Å². The largest absolute Gasteiger partial charge is 0.356 e. The molecule has 0 unspecified atom stereocenters. The first-order valence-electron chi connectivity index (χ1n) is 9.25. The third-order valence-electron chi connectivity index (χ3n) is 6.19. The monoisotopic (exact) mass is 346 g/mol. The highest BCUT2D eigenvalue weighted by Gasteiger charge is 2.54. The average molecular weight is 346 g/mol. The maximum Gasteiger partial charge on any atom is 0.261 e. The number of hydrogen-bond donors (Lipinski definition) is 2. The summed E-state index contributed by atoms with van der Waals surface area (Å²) in [4.78, 5) is 25.4. The fourth-order valence-corrected chi connectivity index (χ4v) is 6.20. The van der Waals surface area contributed by atoms with Gasteiger partial charge in [0.15, 0.2) is 0 Å². The SMILES string of the molecule is O=C(NCCCNC(=O)C12CC3CC(CC(C3)C1)C2)c1cccs1. The smallest absolute Gasteiger partial charge is 0.261 e. The highest BCUT2D eigenvalue weighted by atomic mass is 32.1. The van der Waals surface area contributed by atoms with Crippen LogP contribution in [0, 0.1) is 23.2 Å². The minimum atomic E-state index is -0.0605. The summed E-state index contributed by atoms with van der Waals surface area (Å²) in [6.45, 7) is 1.27. The second-order valence-electron chi connectivity index (χ2n) is 8.04. The molecule has 4 bridgehead atoms. The molecule has 4 aliphatic rings. The highest BCUT2D eigenvalue weighted by molar-refractivity contribution is 7.12. The van der Waals surface area contributed by atoms with E-state index in [0.29, 0.717) is 13.1 Å². The van der Waals surface area contributed by atoms with Gasteiger partial charge in [-0.3, -0.25) is 9.59 Å². The zero-order chi connectivity index (χ0) is 16.6. The molecule has 24 heavy (non-hydrogen) atoms. The summed E-state index contributed by atoms with van der Waals surface area (Å²) in [6, 6.07) is 3.71. The second kappa shape index (κ2) is 6.51. The quantitative estimate of drug-likeness (QED) is 0.777. The molecule has 0 saturated heterocycles. The number of carbonyl (C=O) groups is 2. The van der Waals surface area contributed by atoms with Crippen LogP contribution in [0.25, 0.3) is 0 Å². The normalized spacial score (nSPS) is 33.4. The predicted molar refractivity (Wildman–Crippen MR) is 94.9 cm³/mol. The summed E-state index contributed by atoms with van der Waals surface area (Å²) in [5.74, 6) is 2.66. The van der Waals surface area contributed by atoms with Crippen LogP contribution in [0.3, 0.4) is 0 Å². The minimum absolute atomic E-state index is 0.0163. The Morgan fingerprint density at radius 3 is 2.25 bits per heavy atom. The first-order valence-corrected chi connectivity index (χ1v) is 10.1. The van der Waals surface area contributed by atoms with E-state index in [1.54, 1.807) is 0 Å². The number of amides is 2. The maximum atomic E-state index is 12.8. The molecule has 5 heteroatoms. The van der Waals surface area contributed by atoms with Gasteiger partial charge >= 0.3 is 0 Å². The van der Waals surface area contributed by atoms with Crippen LogP contribution in [-0.4, -0.2) is 24.9 Å². The van der Waals surface area contributed by atoms with Crippen molar-refractivity contribution in [1.29, 1.82) is 0 Å². The summed E-state index contributed by atoms with van der Waals surface area (Å²) in [6.07, 6.45) is 8.21. The first-order chi connectivity index (χ1) is 11.6. The first kappa shape index (κ1) is 16.1. The van der Waals surface area contributed by atoms with Crippen LogP contribution >= 0.6 is 11.3 Å². The predicted octanol–water partition coefficient (Wildman–Crippen LogP) is 3.20. The van der Waals surface area contributed by atoms with Gasteiger partial charge in [0.1, 0.15) is 0 Å². The fourth-order valence-electron chi connectivity index (χ4n) is 5.56. The molecule has 4 nitrogen and oxygen atoms in total. The molecule has 5 rings (SSSR count). The third kappa shape index (κ3) is 3.10. The van der Waals surface area contributed by atoms with E-state index in [4.69, 9.17) is 0 Å². The lowest BCUT2D eigenvalue weighted by Crippen LogP contribution is -2.53. The molecule has 2 N–H and O–H groups in total. The zero-order valence-corrected chi connectivity index (χ0v) is 14.9. The Morgan fingerprint density at radius 1 is 1.04 bits per heavy atom. The van der Waals surface area contributed by atoms with E-state index in [-0.39, 0.29) is 17.2 Å². The summed E-state index contributed by atoms with van der Waals surface area (Å²) >= 11 is 1.45. The third-order valence-corrected chi connectivity index (χ3v) is 7.06. The van der Waals surface area contributed by atoms with E-state index in [0.717, 1.165) is 48.3 Å². The van der Waals surface area contributed by atoms with Gasteiger partial charge in [-0.1, -0.05) is 6.07 Å². The summed E-state index contributed by atoms with van der Waals surface area (Å²) in [5, 5.41) is 7.98. The van der Waals surface area contributed by atoms with Gasteiger partial charge in [-0.05, 0) is 74.1 Å². The molecule has 0 atom stereocenters. The second-order valence-corrected chi connectivity index (χ2v) is 8.99. The average Bonchev–Trinajstić information content (AvgIpc) is 3.07. The van der Waals surface area contributed by atoms with Gasteiger partial charge in [0, 0.05) is 18.5 Å². The fraction of sp³-hybridized carbons (Fsp3) is 0.684. The van der Waals surface area contributed by atoms with Crippen LogP contribution in [0.2, 0.25) is 0 Å². The van der Waals surface area contributed by atoms with E-state index in [1.807, 2.05) is 17.5 Å². The molecule has 1 aromatic heterocycles. The molecule has 0 spiro atoms. The van der Waals surface area contributed by atoms with Crippen molar-refractivity contribution < 1.29 is 9.59 Å². The van der Waals surface area contributed by atoms with Crippen molar-refractivity contribution in [3.63, 3.8) is 0 Å². The van der Waals surface area contributed by atoms with E-state index in [2.05, 4.69) is 10.6 Å². The van der Waals surface area contributed by atoms with Crippen LogP contribution in [0.5, 0.6) is 0 Å². The Morgan fingerprint density at radius 2 is 1.67 bits per heavy atom. The van der Waals surface area contributed by atoms with Crippen molar-refractivity contribution in [2.75, 3.05) is 13.1 Å². The number of thiophene rings is 1. The van der Waals surface area contributed by atoms with Gasteiger partial charge < -0.3 is 10.6 Å². The topological polar surface area (TPSA) is 58.2 Å². The lowest BCUT2D eigenvalue weighted by molar-refractivity contribution is -0.146. The Bertz CT molecular complexity index is 576. The van der Waals surface area contributed by atoms with Crippen molar-refractivity contribution in [3.8, 4) is 0 Å². The van der Waals surface area contributed by atoms with Crippen molar-refractivity contribution in [2.24, 2.45) is 23.2 Å². The number of carbonyl (C=O) groups excluding carboxylic acids is 2. The summed E-state index contributed by atoms with van der Waals surface area (Å²) in [5.41, 5.74) is -0.0605. The van der Waals surface area contributed by atoms with Crippen molar-refractivity contribution >= 4 is 23.2 Å². The molecule has 1 aromatic rings. The Hall–Kier alpha value is -1.36. The van der Waals surface area contributed by atoms with Crippen LogP contribution in [0.4, 0.5) is 0 Å². The molecule has 130 valence electrons. The molecule has 0 aromatic carbocycles. The maximum absolute atomic E-state index is 12.8. The molecule has 2 amide bonds. The van der Waals surface area contributed by atoms with Gasteiger partial charge in [0.05, 0.1) is 4.88 Å². The van der Waals surface area contributed by atoms with Crippen LogP contribution in [0.15, 0.2) is 17.5 Å². The van der Waals surface area contributed by atoms with Crippen LogP contribution in [0.1, 0.15) is 54.6 Å². The Balaban J connectivity index is 1.21. The van der Waals surface area contributed by atoms with Crippen molar-refractivity contribution in [1.82, 2.24) is 10.6 Å². The van der Waals surface area contributed by atoms with Gasteiger partial charge in [-0.25, -0.2) is 0 Å². The summed E-state index contributed by atoms with van der Waals surface area (Å²) < 4.78 is 0. The Labute approximate surface area is 147 Å². The van der Waals surface area contributed by atoms with Crippen molar-refractivity contribution in [3.05, 3.63) is 22.4 Å². The lowest BCUT2D eigenvalue weighted by atomic mass is 9.49. The van der Waals surface area contributed by atoms with Gasteiger partial charge in [0.25, 0.3) is 5.91 Å². The summed E-state index contributed by atoms with van der Waals surface area (Å²) in [7, 11) is 0. The number of rotatable bonds is 6. The molecule has 0 aliphatic heterocycles. The molecule has 4 saturated carbocycles. The van der Waals surface area contributed by atoms with Gasteiger partial charge in [-0.15, -0.1) is 11.3 Å². The van der Waals surface area contributed by atoms with E-state index < -0.39 is 0 Å². The molecule has 1 heterocycles. The molecule has 4 aliphatic carbocycles. The molecular formula is C19H26N2O2S. The van der Waals surface area contributed by atoms with Crippen LogP contribution < -0.4 is 10.6 Å². The minimum Gasteiger partial charge on any atom is -0.356 e. The zero-order valence-electron chi connectivity index (χ0n) is 14.1. The number of nitrogens with one attached hydrogen (secondary N) is 2. The lowest BCUT2D eigenvalue weighted by Gasteiger charge is -2.55. The molecule has 4 fully saturated rings.